The molecule has 0 aliphatic rings. The first-order valence-electron chi connectivity index (χ1n) is 3.08. The van der Waals surface area contributed by atoms with Gasteiger partial charge in [0.2, 0.25) is 0 Å². The van der Waals surface area contributed by atoms with E-state index in [0.29, 0.717) is 5.56 Å². The summed E-state index contributed by atoms with van der Waals surface area (Å²) in [7, 11) is 0. The van der Waals surface area contributed by atoms with Gasteiger partial charge < -0.3 is 5.11 Å². The predicted octanol–water partition coefficient (Wildman–Crippen LogP) is -0.164. The summed E-state index contributed by atoms with van der Waals surface area (Å²) in [5.41, 5.74) is 0.324. The van der Waals surface area contributed by atoms with Crippen LogP contribution in [0.3, 0.4) is 0 Å². The molecule has 1 aromatic heterocycles. The van der Waals surface area contributed by atoms with Crippen molar-refractivity contribution in [1.82, 2.24) is 9.78 Å². The maximum atomic E-state index is 10.9. The number of rotatable bonds is 2. The molecule has 11 heavy (non-hydrogen) atoms. The minimum absolute atomic E-state index is 0.329. The molecular weight excluding hydrogens is 144 g/mol. The van der Waals surface area contributed by atoms with Gasteiger partial charge in [-0.25, -0.2) is 4.68 Å². The van der Waals surface area contributed by atoms with Crippen LogP contribution in [0.4, 0.5) is 0 Å². The summed E-state index contributed by atoms with van der Waals surface area (Å²) >= 11 is 0. The Morgan fingerprint density at radius 2 is 2.55 bits per heavy atom. The second kappa shape index (κ2) is 3.12. The average Bonchev–Trinajstić information content (AvgIpc) is 2.04. The zero-order chi connectivity index (χ0) is 8.27. The lowest BCUT2D eigenvalue weighted by Gasteiger charge is -1.97. The summed E-state index contributed by atoms with van der Waals surface area (Å²) in [6.45, 7) is 3.08. The third kappa shape index (κ3) is 1.53. The van der Waals surface area contributed by atoms with Gasteiger partial charge in [-0.1, -0.05) is 12.7 Å². The van der Waals surface area contributed by atoms with Crippen LogP contribution >= 0.6 is 0 Å². The Labute approximate surface area is 63.4 Å². The van der Waals surface area contributed by atoms with Crippen LogP contribution in [0.2, 0.25) is 0 Å². The topological polar surface area (TPSA) is 55.1 Å². The third-order valence-electron chi connectivity index (χ3n) is 1.26. The fourth-order valence-electron chi connectivity index (χ4n) is 0.665. The SMILES string of the molecule is C=Cc1cnn(CO)c(=O)c1. The molecule has 4 nitrogen and oxygen atoms in total. The van der Waals surface area contributed by atoms with Gasteiger partial charge in [0.05, 0.1) is 6.20 Å². The Balaban J connectivity index is 3.20. The Kier molecular flexibility index (Phi) is 2.18. The predicted molar refractivity (Wildman–Crippen MR) is 40.8 cm³/mol. The smallest absolute Gasteiger partial charge is 0.269 e. The number of aromatic nitrogens is 2. The Hall–Kier alpha value is -1.42. The van der Waals surface area contributed by atoms with E-state index in [0.717, 1.165) is 4.68 Å². The van der Waals surface area contributed by atoms with Gasteiger partial charge in [-0.15, -0.1) is 0 Å². The number of hydrogen-bond donors (Lipinski definition) is 1. The lowest BCUT2D eigenvalue weighted by molar-refractivity contribution is 0.188. The van der Waals surface area contributed by atoms with E-state index < -0.39 is 6.73 Å². The van der Waals surface area contributed by atoms with Crippen molar-refractivity contribution in [3.8, 4) is 0 Å². The van der Waals surface area contributed by atoms with Crippen molar-refractivity contribution >= 4 is 6.08 Å². The molecule has 4 heteroatoms. The van der Waals surface area contributed by atoms with Gasteiger partial charge >= 0.3 is 0 Å². The first-order chi connectivity index (χ1) is 5.27. The van der Waals surface area contributed by atoms with Gasteiger partial charge in [-0.3, -0.25) is 4.79 Å². The highest BCUT2D eigenvalue weighted by Crippen LogP contribution is 1.91. The lowest BCUT2D eigenvalue weighted by atomic mass is 10.3. The zero-order valence-electron chi connectivity index (χ0n) is 5.90. The third-order valence-corrected chi connectivity index (χ3v) is 1.26. The second-order valence-corrected chi connectivity index (χ2v) is 1.97. The Morgan fingerprint density at radius 3 is 3.00 bits per heavy atom. The van der Waals surface area contributed by atoms with Crippen molar-refractivity contribution in [2.24, 2.45) is 0 Å². The largest absolute Gasteiger partial charge is 0.374 e. The second-order valence-electron chi connectivity index (χ2n) is 1.97. The molecule has 1 N–H and O–H groups in total. The molecule has 0 amide bonds. The van der Waals surface area contributed by atoms with E-state index >= 15 is 0 Å². The minimum atomic E-state index is -0.393. The molecule has 0 fully saturated rings. The molecule has 1 heterocycles. The van der Waals surface area contributed by atoms with Gasteiger partial charge in [-0.05, 0) is 5.56 Å². The highest BCUT2D eigenvalue weighted by molar-refractivity contribution is 5.43. The molecule has 1 aromatic rings. The molecule has 0 aliphatic heterocycles. The molecule has 0 saturated carbocycles. The van der Waals surface area contributed by atoms with Crippen LogP contribution in [0.1, 0.15) is 5.56 Å². The maximum absolute atomic E-state index is 10.9. The van der Waals surface area contributed by atoms with Gasteiger partial charge in [-0.2, -0.15) is 5.10 Å². The van der Waals surface area contributed by atoms with Crippen LogP contribution in [0.15, 0.2) is 23.6 Å². The van der Waals surface area contributed by atoms with Crippen LogP contribution in [0, 0.1) is 0 Å². The van der Waals surface area contributed by atoms with Crippen molar-refractivity contribution in [2.45, 2.75) is 6.73 Å². The quantitative estimate of drug-likeness (QED) is 0.640. The van der Waals surface area contributed by atoms with E-state index in [9.17, 15) is 4.79 Å². The molecule has 0 unspecified atom stereocenters. The molecule has 0 bridgehead atoms. The molecule has 0 aromatic carbocycles. The molecule has 0 spiro atoms. The molecule has 1 rings (SSSR count). The number of aliphatic hydroxyl groups excluding tert-OH is 1. The van der Waals surface area contributed by atoms with Crippen LogP contribution in [-0.2, 0) is 6.73 Å². The standard InChI is InChI=1S/C7H8N2O2/c1-2-6-3-7(11)9(5-10)8-4-6/h2-4,10H,1,5H2. The fraction of sp³-hybridized carbons (Fsp3) is 0.143. The molecule has 0 aliphatic carbocycles. The molecule has 0 saturated heterocycles. The van der Waals surface area contributed by atoms with Crippen molar-refractivity contribution in [3.05, 3.63) is 34.8 Å². The normalized spacial score (nSPS) is 9.55. The number of nitrogens with zero attached hydrogens (tertiary/aromatic N) is 2. The van der Waals surface area contributed by atoms with E-state index in [1.54, 1.807) is 0 Å². The van der Waals surface area contributed by atoms with Crippen LogP contribution in [0.5, 0.6) is 0 Å². The zero-order valence-corrected chi connectivity index (χ0v) is 5.90. The number of hydrogen-bond acceptors (Lipinski definition) is 3. The van der Waals surface area contributed by atoms with E-state index in [1.165, 1.54) is 18.3 Å². The molecule has 0 atom stereocenters. The van der Waals surface area contributed by atoms with Gasteiger partial charge in [0.1, 0.15) is 6.73 Å². The lowest BCUT2D eigenvalue weighted by Crippen LogP contribution is -2.21. The summed E-state index contributed by atoms with van der Waals surface area (Å²) in [6, 6.07) is 1.36. The first kappa shape index (κ1) is 7.68. The van der Waals surface area contributed by atoms with Gasteiger partial charge in [0.15, 0.2) is 0 Å². The van der Waals surface area contributed by atoms with E-state index in [2.05, 4.69) is 11.7 Å². The molecular formula is C7H8N2O2. The first-order valence-corrected chi connectivity index (χ1v) is 3.08. The van der Waals surface area contributed by atoms with Crippen molar-refractivity contribution < 1.29 is 5.11 Å². The highest BCUT2D eigenvalue weighted by atomic mass is 16.3. The fourth-order valence-corrected chi connectivity index (χ4v) is 0.665. The summed E-state index contributed by atoms with van der Waals surface area (Å²) in [6.07, 6.45) is 2.99. The van der Waals surface area contributed by atoms with E-state index in [-0.39, 0.29) is 5.56 Å². The Morgan fingerprint density at radius 1 is 1.82 bits per heavy atom. The van der Waals surface area contributed by atoms with Crippen LogP contribution in [0.25, 0.3) is 6.08 Å². The van der Waals surface area contributed by atoms with E-state index in [1.807, 2.05) is 0 Å². The maximum Gasteiger partial charge on any atom is 0.269 e. The van der Waals surface area contributed by atoms with E-state index in [4.69, 9.17) is 5.11 Å². The summed E-state index contributed by atoms with van der Waals surface area (Å²) < 4.78 is 0.951. The van der Waals surface area contributed by atoms with Crippen molar-refractivity contribution in [3.63, 3.8) is 0 Å². The van der Waals surface area contributed by atoms with Crippen molar-refractivity contribution in [2.75, 3.05) is 0 Å². The summed E-state index contributed by atoms with van der Waals surface area (Å²) in [5.74, 6) is 0. The summed E-state index contributed by atoms with van der Waals surface area (Å²) in [5, 5.41) is 12.2. The molecule has 58 valence electrons. The van der Waals surface area contributed by atoms with Crippen LogP contribution in [-0.4, -0.2) is 14.9 Å². The Bertz CT molecular complexity index is 316. The van der Waals surface area contributed by atoms with Crippen molar-refractivity contribution in [1.29, 1.82) is 0 Å². The molecule has 0 radical (unpaired) electrons. The monoisotopic (exact) mass is 152 g/mol. The van der Waals surface area contributed by atoms with Gasteiger partial charge in [0.25, 0.3) is 5.56 Å². The highest BCUT2D eigenvalue weighted by Gasteiger charge is 1.93. The average molecular weight is 152 g/mol. The summed E-state index contributed by atoms with van der Waals surface area (Å²) in [4.78, 5) is 10.9. The van der Waals surface area contributed by atoms with Crippen LogP contribution < -0.4 is 5.56 Å². The minimum Gasteiger partial charge on any atom is -0.374 e. The number of aliphatic hydroxyl groups is 1. The van der Waals surface area contributed by atoms with Gasteiger partial charge in [0, 0.05) is 6.07 Å².